The van der Waals surface area contributed by atoms with Crippen molar-refractivity contribution in [3.8, 4) is 0 Å². The highest BCUT2D eigenvalue weighted by molar-refractivity contribution is 7.89. The third-order valence-electron chi connectivity index (χ3n) is 5.15. The number of nitrogens with one attached hydrogen (secondary N) is 2. The Morgan fingerprint density at radius 2 is 1.82 bits per heavy atom. The lowest BCUT2D eigenvalue weighted by Gasteiger charge is -2.32. The van der Waals surface area contributed by atoms with Crippen molar-refractivity contribution in [3.05, 3.63) is 60.1 Å². The van der Waals surface area contributed by atoms with Crippen LogP contribution in [-0.4, -0.2) is 50.1 Å². The Morgan fingerprint density at radius 1 is 1.15 bits per heavy atom. The van der Waals surface area contributed by atoms with E-state index in [2.05, 4.69) is 10.0 Å². The number of ether oxygens (including phenoxy) is 1. The molecule has 1 aromatic heterocycles. The number of carbonyl (C=O) groups excluding carboxylic acids is 2. The summed E-state index contributed by atoms with van der Waals surface area (Å²) >= 11 is 0. The van der Waals surface area contributed by atoms with Crippen molar-refractivity contribution < 1.29 is 27.2 Å². The summed E-state index contributed by atoms with van der Waals surface area (Å²) in [5, 5.41) is 2.85. The van der Waals surface area contributed by atoms with E-state index in [-0.39, 0.29) is 23.4 Å². The number of likely N-dealkylation sites (tertiary alicyclic amines) is 1. The van der Waals surface area contributed by atoms with Gasteiger partial charge < -0.3 is 19.4 Å². The highest BCUT2D eigenvalue weighted by Gasteiger charge is 2.25. The summed E-state index contributed by atoms with van der Waals surface area (Å²) in [5.74, 6) is 0.388. The predicted molar refractivity (Wildman–Crippen MR) is 127 cm³/mol. The minimum atomic E-state index is -3.67. The summed E-state index contributed by atoms with van der Waals surface area (Å²) in [6.07, 6.45) is 5.46. The Morgan fingerprint density at radius 3 is 2.41 bits per heavy atom. The van der Waals surface area contributed by atoms with Gasteiger partial charge in [0.05, 0.1) is 17.7 Å². The van der Waals surface area contributed by atoms with Crippen LogP contribution in [0.2, 0.25) is 0 Å². The number of rotatable bonds is 7. The predicted octanol–water partition coefficient (Wildman–Crippen LogP) is 3.29. The highest BCUT2D eigenvalue weighted by atomic mass is 32.2. The third kappa shape index (κ3) is 7.74. The van der Waals surface area contributed by atoms with Gasteiger partial charge in [0.2, 0.25) is 15.9 Å². The van der Waals surface area contributed by atoms with Crippen molar-refractivity contribution >= 4 is 28.1 Å². The van der Waals surface area contributed by atoms with Crippen molar-refractivity contribution in [2.24, 2.45) is 0 Å². The normalized spacial score (nSPS) is 15.4. The van der Waals surface area contributed by atoms with E-state index >= 15 is 0 Å². The minimum Gasteiger partial charge on any atom is -0.468 e. The van der Waals surface area contributed by atoms with Gasteiger partial charge >= 0.3 is 6.09 Å². The molecule has 2 N–H and O–H groups in total. The van der Waals surface area contributed by atoms with E-state index in [0.717, 1.165) is 0 Å². The average molecular weight is 490 g/mol. The molecule has 3 rings (SSSR count). The summed E-state index contributed by atoms with van der Waals surface area (Å²) in [6, 6.07) is 9.61. The minimum absolute atomic E-state index is 0.0289. The zero-order valence-electron chi connectivity index (χ0n) is 19.6. The van der Waals surface area contributed by atoms with Crippen molar-refractivity contribution in [3.63, 3.8) is 0 Å². The van der Waals surface area contributed by atoms with E-state index in [1.807, 2.05) is 20.8 Å². The zero-order chi connectivity index (χ0) is 24.8. The molecule has 0 saturated carbocycles. The second kappa shape index (κ2) is 10.9. The average Bonchev–Trinajstić information content (AvgIpc) is 3.29. The number of hydrogen-bond donors (Lipinski definition) is 2. The van der Waals surface area contributed by atoms with Crippen LogP contribution < -0.4 is 10.0 Å². The first-order chi connectivity index (χ1) is 16.0. The number of carbonyl (C=O) groups is 2. The Bertz CT molecular complexity index is 1090. The van der Waals surface area contributed by atoms with Crippen molar-refractivity contribution in [2.75, 3.05) is 13.1 Å². The smallest absolute Gasteiger partial charge is 0.407 e. The third-order valence-corrected chi connectivity index (χ3v) is 6.57. The number of alkyl carbamates (subject to hydrolysis) is 1. The van der Waals surface area contributed by atoms with Gasteiger partial charge in [0.25, 0.3) is 0 Å². The molecule has 1 saturated heterocycles. The fraction of sp³-hybridized carbons (Fsp3) is 0.417. The Hall–Kier alpha value is -3.11. The molecular weight excluding hydrogens is 458 g/mol. The van der Waals surface area contributed by atoms with Crippen LogP contribution in [0, 0.1) is 0 Å². The highest BCUT2D eigenvalue weighted by Crippen LogP contribution is 2.15. The summed E-state index contributed by atoms with van der Waals surface area (Å²) in [7, 11) is -3.67. The number of nitrogens with zero attached hydrogens (tertiary/aromatic N) is 1. The lowest BCUT2D eigenvalue weighted by Crippen LogP contribution is -2.47. The first-order valence-electron chi connectivity index (χ1n) is 11.1. The Kier molecular flexibility index (Phi) is 8.16. The van der Waals surface area contributed by atoms with Gasteiger partial charge in [0.1, 0.15) is 11.4 Å². The second-order valence-corrected chi connectivity index (χ2v) is 10.8. The van der Waals surface area contributed by atoms with Crippen LogP contribution in [0.5, 0.6) is 0 Å². The van der Waals surface area contributed by atoms with Gasteiger partial charge in [-0.3, -0.25) is 4.79 Å². The van der Waals surface area contributed by atoms with E-state index in [4.69, 9.17) is 9.15 Å². The zero-order valence-corrected chi connectivity index (χ0v) is 20.4. The van der Waals surface area contributed by atoms with Crippen LogP contribution in [0.4, 0.5) is 4.79 Å². The van der Waals surface area contributed by atoms with Crippen LogP contribution in [-0.2, 0) is 26.1 Å². The molecule has 1 fully saturated rings. The largest absolute Gasteiger partial charge is 0.468 e. The maximum absolute atomic E-state index is 12.5. The van der Waals surface area contributed by atoms with Crippen molar-refractivity contribution in [1.82, 2.24) is 14.9 Å². The molecule has 2 amide bonds. The fourth-order valence-electron chi connectivity index (χ4n) is 3.41. The molecule has 1 aromatic carbocycles. The SMILES string of the molecule is CC(C)(C)OC(=O)NC1CCN(C(=O)/C=C/c2ccc(S(=O)(=O)NCc3ccco3)cc2)CC1. The van der Waals surface area contributed by atoms with Crippen LogP contribution in [0.25, 0.3) is 6.08 Å². The molecule has 0 spiro atoms. The molecule has 9 nitrogen and oxygen atoms in total. The number of sulfonamides is 1. The molecule has 1 aliphatic rings. The van der Waals surface area contributed by atoms with E-state index in [9.17, 15) is 18.0 Å². The van der Waals surface area contributed by atoms with Crippen molar-refractivity contribution in [1.29, 1.82) is 0 Å². The fourth-order valence-corrected chi connectivity index (χ4v) is 4.41. The summed E-state index contributed by atoms with van der Waals surface area (Å²) in [5.41, 5.74) is 0.157. The Balaban J connectivity index is 1.47. The van der Waals surface area contributed by atoms with E-state index < -0.39 is 21.7 Å². The second-order valence-electron chi connectivity index (χ2n) is 9.05. The number of hydrogen-bond acceptors (Lipinski definition) is 6. The standard InChI is InChI=1S/C24H31N3O6S/c1-24(2,3)33-23(29)26-19-12-14-27(15-13-19)22(28)11-8-18-6-9-21(10-7-18)34(30,31)25-17-20-5-4-16-32-20/h4-11,16,19,25H,12-15,17H2,1-3H3,(H,26,29)/b11-8+. The molecule has 1 aliphatic heterocycles. The number of benzene rings is 1. The molecule has 0 atom stereocenters. The van der Waals surface area contributed by atoms with Gasteiger partial charge in [0.15, 0.2) is 0 Å². The monoisotopic (exact) mass is 489 g/mol. The number of furan rings is 1. The van der Waals surface area contributed by atoms with Crippen LogP contribution in [0.1, 0.15) is 44.9 Å². The maximum Gasteiger partial charge on any atom is 0.407 e. The van der Waals surface area contributed by atoms with Crippen LogP contribution in [0.15, 0.2) is 58.1 Å². The van der Waals surface area contributed by atoms with Gasteiger partial charge in [-0.1, -0.05) is 12.1 Å². The van der Waals surface area contributed by atoms with Gasteiger partial charge in [-0.2, -0.15) is 0 Å². The van der Waals surface area contributed by atoms with Gasteiger partial charge in [0, 0.05) is 25.2 Å². The molecule has 0 aliphatic carbocycles. The van der Waals surface area contributed by atoms with E-state index in [1.165, 1.54) is 24.5 Å². The molecular formula is C24H31N3O6S. The summed E-state index contributed by atoms with van der Waals surface area (Å²) in [6.45, 7) is 6.56. The topological polar surface area (TPSA) is 118 Å². The number of amides is 2. The lowest BCUT2D eigenvalue weighted by molar-refractivity contribution is -0.127. The molecule has 0 radical (unpaired) electrons. The first-order valence-corrected chi connectivity index (χ1v) is 12.6. The van der Waals surface area contributed by atoms with E-state index in [0.29, 0.717) is 37.3 Å². The number of piperidine rings is 1. The molecule has 0 unspecified atom stereocenters. The summed E-state index contributed by atoms with van der Waals surface area (Å²) in [4.78, 5) is 26.3. The first kappa shape index (κ1) is 25.5. The molecule has 184 valence electrons. The van der Waals surface area contributed by atoms with Crippen LogP contribution in [0.3, 0.4) is 0 Å². The van der Waals surface area contributed by atoms with E-state index in [1.54, 1.807) is 35.2 Å². The molecule has 34 heavy (non-hydrogen) atoms. The van der Waals surface area contributed by atoms with Gasteiger partial charge in [-0.25, -0.2) is 17.9 Å². The van der Waals surface area contributed by atoms with Crippen LogP contribution >= 0.6 is 0 Å². The molecule has 10 heteroatoms. The lowest BCUT2D eigenvalue weighted by atomic mass is 10.1. The summed E-state index contributed by atoms with van der Waals surface area (Å²) < 4.78 is 37.7. The van der Waals surface area contributed by atoms with Gasteiger partial charge in [-0.15, -0.1) is 0 Å². The molecule has 0 bridgehead atoms. The van der Waals surface area contributed by atoms with Crippen molar-refractivity contribution in [2.45, 2.75) is 56.7 Å². The maximum atomic E-state index is 12.5. The van der Waals surface area contributed by atoms with Gasteiger partial charge in [-0.05, 0) is 69.5 Å². The molecule has 2 aromatic rings. The Labute approximate surface area is 200 Å². The molecule has 2 heterocycles. The quantitative estimate of drug-likeness (QED) is 0.577.